The number of Topliss-reactive ketones (excluding diaryl/α,β-unsaturated/α-hetero) is 1. The highest BCUT2D eigenvalue weighted by molar-refractivity contribution is 7.99. The van der Waals surface area contributed by atoms with E-state index in [9.17, 15) is 14.4 Å². The maximum atomic E-state index is 12.7. The third-order valence-corrected chi connectivity index (χ3v) is 4.81. The number of thioether (sulfide) groups is 1. The molecule has 0 aliphatic carbocycles. The van der Waals surface area contributed by atoms with Crippen LogP contribution in [0.3, 0.4) is 0 Å². The molecular formula is C23H27NO5S. The van der Waals surface area contributed by atoms with Crippen molar-refractivity contribution in [3.63, 3.8) is 0 Å². The van der Waals surface area contributed by atoms with Crippen LogP contribution in [0.2, 0.25) is 0 Å². The Kier molecular flexibility index (Phi) is 8.92. The summed E-state index contributed by atoms with van der Waals surface area (Å²) in [4.78, 5) is 38.4. The predicted molar refractivity (Wildman–Crippen MR) is 116 cm³/mol. The van der Waals surface area contributed by atoms with E-state index in [1.54, 1.807) is 20.8 Å². The molecule has 7 heteroatoms. The Labute approximate surface area is 181 Å². The van der Waals surface area contributed by atoms with Crippen molar-refractivity contribution in [2.45, 2.75) is 50.3 Å². The second-order valence-electron chi connectivity index (χ2n) is 7.55. The minimum atomic E-state index is -1.41. The number of alkyl carbamates (subject to hydrolysis) is 1. The number of ketones is 1. The zero-order valence-corrected chi connectivity index (χ0v) is 18.2. The summed E-state index contributed by atoms with van der Waals surface area (Å²) in [5.41, 5.74) is 0.0105. The van der Waals surface area contributed by atoms with Crippen LogP contribution in [0.4, 0.5) is 4.79 Å². The molecule has 0 spiro atoms. The second-order valence-corrected chi connectivity index (χ2v) is 8.72. The molecule has 0 aliphatic heterocycles. The third-order valence-electron chi connectivity index (χ3n) is 3.80. The number of ether oxygens (including phenoxy) is 2. The van der Waals surface area contributed by atoms with Gasteiger partial charge in [-0.1, -0.05) is 48.5 Å². The molecular weight excluding hydrogens is 402 g/mol. The quantitative estimate of drug-likeness (QED) is 0.362. The fourth-order valence-electron chi connectivity index (χ4n) is 2.44. The first-order valence-electron chi connectivity index (χ1n) is 9.65. The molecule has 2 aromatic rings. The number of rotatable bonds is 9. The molecule has 0 aromatic heterocycles. The summed E-state index contributed by atoms with van der Waals surface area (Å²) in [7, 11) is 0. The van der Waals surface area contributed by atoms with Crippen LogP contribution in [0.15, 0.2) is 65.6 Å². The van der Waals surface area contributed by atoms with Gasteiger partial charge in [0.2, 0.25) is 0 Å². The van der Waals surface area contributed by atoms with Gasteiger partial charge in [-0.2, -0.15) is 0 Å². The van der Waals surface area contributed by atoms with Gasteiger partial charge >= 0.3 is 12.1 Å². The normalized spacial score (nSPS) is 12.0. The molecule has 2 aromatic carbocycles. The first kappa shape index (κ1) is 23.5. The van der Waals surface area contributed by atoms with Gasteiger partial charge in [0.25, 0.3) is 0 Å². The molecule has 0 aliphatic rings. The molecule has 30 heavy (non-hydrogen) atoms. The van der Waals surface area contributed by atoms with Gasteiger partial charge in [-0.25, -0.2) is 9.59 Å². The monoisotopic (exact) mass is 429 g/mol. The molecule has 2 rings (SSSR count). The number of benzene rings is 2. The zero-order valence-electron chi connectivity index (χ0n) is 17.4. The van der Waals surface area contributed by atoms with Crippen molar-refractivity contribution < 1.29 is 23.9 Å². The first-order chi connectivity index (χ1) is 14.2. The largest absolute Gasteiger partial charge is 0.458 e. The standard InChI is InChI=1S/C23H27NO5S/c1-23(2,3)29-21(26)20(19(25)14-15-30-18-12-8-5-9-13-18)24-22(27)28-16-17-10-6-4-7-11-17/h4-13,20H,14-16H2,1-3H3,(H,24,27)/t20-/m1/s1. The summed E-state index contributed by atoms with van der Waals surface area (Å²) < 4.78 is 10.5. The Bertz CT molecular complexity index is 834. The highest BCUT2D eigenvalue weighted by Gasteiger charge is 2.32. The van der Waals surface area contributed by atoms with Crippen molar-refractivity contribution in [3.05, 3.63) is 66.2 Å². The number of hydrogen-bond donors (Lipinski definition) is 1. The Morgan fingerprint density at radius 1 is 0.967 bits per heavy atom. The van der Waals surface area contributed by atoms with Crippen molar-refractivity contribution >= 4 is 29.6 Å². The number of hydrogen-bond acceptors (Lipinski definition) is 6. The number of amides is 1. The molecule has 6 nitrogen and oxygen atoms in total. The van der Waals surface area contributed by atoms with E-state index in [1.807, 2.05) is 60.7 Å². The third kappa shape index (κ3) is 8.69. The molecule has 0 heterocycles. The molecule has 0 unspecified atom stereocenters. The van der Waals surface area contributed by atoms with Crippen LogP contribution in [0.5, 0.6) is 0 Å². The summed E-state index contributed by atoms with van der Waals surface area (Å²) in [6.07, 6.45) is -0.749. The second kappa shape index (κ2) is 11.4. The van der Waals surface area contributed by atoms with Crippen LogP contribution in [0.25, 0.3) is 0 Å². The molecule has 0 bridgehead atoms. The summed E-state index contributed by atoms with van der Waals surface area (Å²) in [5.74, 6) is -0.749. The molecule has 160 valence electrons. The van der Waals surface area contributed by atoms with E-state index in [2.05, 4.69) is 5.32 Å². The summed E-state index contributed by atoms with van der Waals surface area (Å²) in [6, 6.07) is 17.4. The van der Waals surface area contributed by atoms with Crippen molar-refractivity contribution in [2.24, 2.45) is 0 Å². The van der Waals surface area contributed by atoms with E-state index in [4.69, 9.17) is 9.47 Å². The average molecular weight is 430 g/mol. The van der Waals surface area contributed by atoms with Crippen LogP contribution >= 0.6 is 11.8 Å². The summed E-state index contributed by atoms with van der Waals surface area (Å²) >= 11 is 1.50. The lowest BCUT2D eigenvalue weighted by atomic mass is 10.1. The highest BCUT2D eigenvalue weighted by Crippen LogP contribution is 2.18. The zero-order chi connectivity index (χ0) is 22.0. The topological polar surface area (TPSA) is 81.7 Å². The molecule has 1 amide bonds. The summed E-state index contributed by atoms with van der Waals surface area (Å²) in [6.45, 7) is 5.13. The van der Waals surface area contributed by atoms with Crippen molar-refractivity contribution in [3.8, 4) is 0 Å². The Morgan fingerprint density at radius 3 is 2.17 bits per heavy atom. The van der Waals surface area contributed by atoms with E-state index in [-0.39, 0.29) is 13.0 Å². The van der Waals surface area contributed by atoms with Gasteiger partial charge in [0.05, 0.1) is 0 Å². The molecule has 0 saturated heterocycles. The number of esters is 1. The van der Waals surface area contributed by atoms with Gasteiger partial charge in [0, 0.05) is 17.1 Å². The number of carbonyl (C=O) groups is 3. The van der Waals surface area contributed by atoms with Crippen LogP contribution in [-0.4, -0.2) is 35.2 Å². The number of nitrogens with one attached hydrogen (secondary N) is 1. The van der Waals surface area contributed by atoms with Crippen molar-refractivity contribution in [1.82, 2.24) is 5.32 Å². The lowest BCUT2D eigenvalue weighted by Gasteiger charge is -2.23. The highest BCUT2D eigenvalue weighted by atomic mass is 32.2. The molecule has 0 radical (unpaired) electrons. The lowest BCUT2D eigenvalue weighted by molar-refractivity contribution is -0.159. The van der Waals surface area contributed by atoms with E-state index in [0.717, 1.165) is 10.5 Å². The van der Waals surface area contributed by atoms with E-state index in [1.165, 1.54) is 11.8 Å². The van der Waals surface area contributed by atoms with Crippen molar-refractivity contribution in [1.29, 1.82) is 0 Å². The Hall–Kier alpha value is -2.80. The average Bonchev–Trinajstić information content (AvgIpc) is 2.70. The minimum Gasteiger partial charge on any atom is -0.458 e. The smallest absolute Gasteiger partial charge is 0.408 e. The molecule has 0 saturated carbocycles. The van der Waals surface area contributed by atoms with E-state index >= 15 is 0 Å². The molecule has 0 fully saturated rings. The Morgan fingerprint density at radius 2 is 1.57 bits per heavy atom. The maximum Gasteiger partial charge on any atom is 0.408 e. The van der Waals surface area contributed by atoms with Crippen LogP contribution in [-0.2, 0) is 25.7 Å². The van der Waals surface area contributed by atoms with Gasteiger partial charge in [-0.05, 0) is 38.5 Å². The lowest BCUT2D eigenvalue weighted by Crippen LogP contribution is -2.49. The van der Waals surface area contributed by atoms with E-state index < -0.39 is 29.5 Å². The first-order valence-corrected chi connectivity index (χ1v) is 10.6. The molecule has 1 atom stereocenters. The Balaban J connectivity index is 1.95. The van der Waals surface area contributed by atoms with Crippen LogP contribution in [0, 0.1) is 0 Å². The number of carbonyl (C=O) groups excluding carboxylic acids is 3. The minimum absolute atomic E-state index is 0.0335. The van der Waals surface area contributed by atoms with Gasteiger partial charge in [-0.15, -0.1) is 11.8 Å². The van der Waals surface area contributed by atoms with Gasteiger partial charge in [-0.3, -0.25) is 4.79 Å². The fraction of sp³-hybridized carbons (Fsp3) is 0.348. The van der Waals surface area contributed by atoms with Crippen LogP contribution < -0.4 is 5.32 Å². The summed E-state index contributed by atoms with van der Waals surface area (Å²) in [5, 5.41) is 2.36. The molecule has 1 N–H and O–H groups in total. The maximum absolute atomic E-state index is 12.7. The predicted octanol–water partition coefficient (Wildman–Crippen LogP) is 4.37. The SMILES string of the molecule is CC(C)(C)OC(=O)[C@H](NC(=O)OCc1ccccc1)C(=O)CCSc1ccccc1. The van der Waals surface area contributed by atoms with Crippen molar-refractivity contribution in [2.75, 3.05) is 5.75 Å². The van der Waals surface area contributed by atoms with Crippen LogP contribution in [0.1, 0.15) is 32.8 Å². The van der Waals surface area contributed by atoms with Gasteiger partial charge in [0.1, 0.15) is 12.2 Å². The van der Waals surface area contributed by atoms with Gasteiger partial charge in [0.15, 0.2) is 11.8 Å². The van der Waals surface area contributed by atoms with Gasteiger partial charge < -0.3 is 14.8 Å². The van der Waals surface area contributed by atoms with E-state index in [0.29, 0.717) is 5.75 Å². The fourth-order valence-corrected chi connectivity index (χ4v) is 3.33.